The zero-order chi connectivity index (χ0) is 18.4. The van der Waals surface area contributed by atoms with Crippen molar-refractivity contribution in [1.29, 1.82) is 0 Å². The van der Waals surface area contributed by atoms with Crippen LogP contribution in [0.3, 0.4) is 0 Å². The molecule has 6 heteroatoms. The number of carbonyl (C=O) groups is 1. The van der Waals surface area contributed by atoms with Gasteiger partial charge < -0.3 is 5.32 Å². The van der Waals surface area contributed by atoms with Crippen LogP contribution in [0.5, 0.6) is 0 Å². The minimum atomic E-state index is -0.621. The number of amides is 1. The third kappa shape index (κ3) is 3.25. The van der Waals surface area contributed by atoms with E-state index in [0.717, 1.165) is 6.07 Å². The summed E-state index contributed by atoms with van der Waals surface area (Å²) < 4.78 is 27.5. The molecular weight excluding hydrogens is 367 g/mol. The number of hydrogen-bond donors (Lipinski definition) is 1. The molecule has 132 valence electrons. The van der Waals surface area contributed by atoms with Crippen molar-refractivity contribution >= 4 is 29.1 Å². The van der Waals surface area contributed by atoms with Gasteiger partial charge in [0, 0.05) is 23.0 Å². The van der Waals surface area contributed by atoms with Crippen molar-refractivity contribution in [2.45, 2.75) is 25.7 Å². The summed E-state index contributed by atoms with van der Waals surface area (Å²) in [6.07, 6.45) is 0.687. The van der Waals surface area contributed by atoms with Crippen LogP contribution in [0.25, 0.3) is 0 Å². The van der Waals surface area contributed by atoms with Crippen molar-refractivity contribution in [3.8, 4) is 0 Å². The lowest BCUT2D eigenvalue weighted by atomic mass is 9.87. The van der Waals surface area contributed by atoms with Crippen LogP contribution < -0.4 is 5.32 Å². The SMILES string of the molecule is CC1(C)CC1(CNC(=O)c1cc(Cl)ccc1Cl)c1ccc(F)cc1F. The van der Waals surface area contributed by atoms with E-state index in [4.69, 9.17) is 23.2 Å². The van der Waals surface area contributed by atoms with Crippen molar-refractivity contribution in [2.75, 3.05) is 6.54 Å². The third-order valence-electron chi connectivity index (χ3n) is 5.08. The fourth-order valence-electron chi connectivity index (χ4n) is 3.44. The largest absolute Gasteiger partial charge is 0.351 e. The lowest BCUT2D eigenvalue weighted by Crippen LogP contribution is -2.35. The maximum Gasteiger partial charge on any atom is 0.252 e. The summed E-state index contributed by atoms with van der Waals surface area (Å²) in [7, 11) is 0. The number of carbonyl (C=O) groups excluding carboxylic acids is 1. The van der Waals surface area contributed by atoms with Gasteiger partial charge >= 0.3 is 0 Å². The van der Waals surface area contributed by atoms with Gasteiger partial charge in [0.15, 0.2) is 0 Å². The summed E-state index contributed by atoms with van der Waals surface area (Å²) in [5.74, 6) is -1.60. The first-order valence-electron chi connectivity index (χ1n) is 7.85. The smallest absolute Gasteiger partial charge is 0.252 e. The molecule has 0 aliphatic heterocycles. The Hall–Kier alpha value is -1.65. The second-order valence-electron chi connectivity index (χ2n) is 7.07. The first kappa shape index (κ1) is 18.2. The van der Waals surface area contributed by atoms with E-state index in [2.05, 4.69) is 5.32 Å². The van der Waals surface area contributed by atoms with Gasteiger partial charge in [0.05, 0.1) is 10.6 Å². The Morgan fingerprint density at radius 1 is 1.16 bits per heavy atom. The van der Waals surface area contributed by atoms with Crippen LogP contribution in [0.15, 0.2) is 36.4 Å². The highest BCUT2D eigenvalue weighted by Gasteiger charge is 2.62. The number of halogens is 4. The van der Waals surface area contributed by atoms with Gasteiger partial charge in [-0.15, -0.1) is 0 Å². The van der Waals surface area contributed by atoms with Gasteiger partial charge in [-0.3, -0.25) is 4.79 Å². The van der Waals surface area contributed by atoms with Crippen molar-refractivity contribution in [3.05, 3.63) is 69.2 Å². The molecule has 1 aliphatic rings. The summed E-state index contributed by atoms with van der Waals surface area (Å²) in [5, 5.41) is 3.52. The maximum absolute atomic E-state index is 14.3. The lowest BCUT2D eigenvalue weighted by Gasteiger charge is -2.22. The molecular formula is C19H17Cl2F2NO. The van der Waals surface area contributed by atoms with Crippen LogP contribution in [0.4, 0.5) is 8.78 Å². The highest BCUT2D eigenvalue weighted by molar-refractivity contribution is 6.35. The number of hydrogen-bond acceptors (Lipinski definition) is 1. The fourth-order valence-corrected chi connectivity index (χ4v) is 3.82. The molecule has 3 rings (SSSR count). The number of rotatable bonds is 4. The lowest BCUT2D eigenvalue weighted by molar-refractivity contribution is 0.0947. The van der Waals surface area contributed by atoms with Crippen LogP contribution in [-0.4, -0.2) is 12.5 Å². The molecule has 0 bridgehead atoms. The highest BCUT2D eigenvalue weighted by atomic mass is 35.5. The molecule has 1 unspecified atom stereocenters. The van der Waals surface area contributed by atoms with Crippen LogP contribution in [0, 0.1) is 17.0 Å². The Labute approximate surface area is 155 Å². The van der Waals surface area contributed by atoms with Gasteiger partial charge in [-0.2, -0.15) is 0 Å². The van der Waals surface area contributed by atoms with E-state index in [9.17, 15) is 13.6 Å². The molecule has 0 heterocycles. The van der Waals surface area contributed by atoms with Gasteiger partial charge in [0.25, 0.3) is 5.91 Å². The molecule has 0 saturated heterocycles. The molecule has 1 saturated carbocycles. The van der Waals surface area contributed by atoms with Crippen molar-refractivity contribution in [2.24, 2.45) is 5.41 Å². The van der Waals surface area contributed by atoms with Crippen LogP contribution in [-0.2, 0) is 5.41 Å². The predicted molar refractivity (Wildman–Crippen MR) is 95.2 cm³/mol. The van der Waals surface area contributed by atoms with E-state index in [0.29, 0.717) is 22.0 Å². The standard InChI is InChI=1S/C19H17Cl2F2NO/c1-18(2)9-19(18,14-5-4-12(22)8-16(14)23)10-24-17(25)13-7-11(20)3-6-15(13)21/h3-8H,9-10H2,1-2H3,(H,24,25). The van der Waals surface area contributed by atoms with Crippen LogP contribution in [0.2, 0.25) is 10.0 Å². The molecule has 1 atom stereocenters. The maximum atomic E-state index is 14.3. The Morgan fingerprint density at radius 3 is 2.44 bits per heavy atom. The van der Waals surface area contributed by atoms with Gasteiger partial charge in [-0.05, 0) is 41.7 Å². The van der Waals surface area contributed by atoms with Crippen LogP contribution in [0.1, 0.15) is 36.2 Å². The predicted octanol–water partition coefficient (Wildman–Crippen LogP) is 5.37. The summed E-state index contributed by atoms with van der Waals surface area (Å²) in [6.45, 7) is 4.22. The Balaban J connectivity index is 1.84. The summed E-state index contributed by atoms with van der Waals surface area (Å²) in [5.41, 5.74) is -0.110. The Bertz CT molecular complexity index is 853. The van der Waals surface area contributed by atoms with Gasteiger partial charge in [0.2, 0.25) is 0 Å². The van der Waals surface area contributed by atoms with Crippen molar-refractivity contribution in [1.82, 2.24) is 5.32 Å². The molecule has 25 heavy (non-hydrogen) atoms. The monoisotopic (exact) mass is 383 g/mol. The minimum absolute atomic E-state index is 0.211. The molecule has 1 amide bonds. The van der Waals surface area contributed by atoms with Crippen LogP contribution >= 0.6 is 23.2 Å². The average Bonchev–Trinajstić information content (AvgIpc) is 3.09. The molecule has 0 spiro atoms. The fraction of sp³-hybridized carbons (Fsp3) is 0.316. The van der Waals surface area contributed by atoms with E-state index in [-0.39, 0.29) is 23.4 Å². The van der Waals surface area contributed by atoms with E-state index in [1.807, 2.05) is 13.8 Å². The first-order chi connectivity index (χ1) is 11.7. The van der Waals surface area contributed by atoms with Crippen molar-refractivity contribution < 1.29 is 13.6 Å². The quantitative estimate of drug-likeness (QED) is 0.755. The molecule has 0 aromatic heterocycles. The molecule has 0 radical (unpaired) electrons. The number of nitrogens with one attached hydrogen (secondary N) is 1. The number of benzene rings is 2. The summed E-state index contributed by atoms with van der Waals surface area (Å²) >= 11 is 12.0. The normalized spacial score (nSPS) is 21.0. The average molecular weight is 384 g/mol. The topological polar surface area (TPSA) is 29.1 Å². The molecule has 2 nitrogen and oxygen atoms in total. The molecule has 1 fully saturated rings. The summed E-state index contributed by atoms with van der Waals surface area (Å²) in [6, 6.07) is 8.21. The van der Waals surface area contributed by atoms with E-state index < -0.39 is 17.0 Å². The van der Waals surface area contributed by atoms with E-state index >= 15 is 0 Å². The van der Waals surface area contributed by atoms with Gasteiger partial charge in [-0.25, -0.2) is 8.78 Å². The molecule has 2 aromatic rings. The Morgan fingerprint density at radius 2 is 1.84 bits per heavy atom. The summed E-state index contributed by atoms with van der Waals surface area (Å²) in [4.78, 5) is 12.5. The zero-order valence-corrected chi connectivity index (χ0v) is 15.3. The highest BCUT2D eigenvalue weighted by Crippen LogP contribution is 2.64. The van der Waals surface area contributed by atoms with Crippen molar-refractivity contribution in [3.63, 3.8) is 0 Å². The molecule has 1 aliphatic carbocycles. The molecule has 1 N–H and O–H groups in total. The molecule has 2 aromatic carbocycles. The van der Waals surface area contributed by atoms with Gasteiger partial charge in [0.1, 0.15) is 11.6 Å². The first-order valence-corrected chi connectivity index (χ1v) is 8.61. The Kier molecular flexibility index (Phi) is 4.54. The second-order valence-corrected chi connectivity index (χ2v) is 7.92. The van der Waals surface area contributed by atoms with E-state index in [1.165, 1.54) is 18.2 Å². The zero-order valence-electron chi connectivity index (χ0n) is 13.8. The van der Waals surface area contributed by atoms with E-state index in [1.54, 1.807) is 12.1 Å². The second kappa shape index (κ2) is 6.26. The minimum Gasteiger partial charge on any atom is -0.351 e. The third-order valence-corrected chi connectivity index (χ3v) is 5.65. The van der Waals surface area contributed by atoms with Gasteiger partial charge in [-0.1, -0.05) is 43.1 Å².